The van der Waals surface area contributed by atoms with E-state index in [0.29, 0.717) is 31.2 Å². The SMILES string of the molecule is CC(C)(C)c1noc([C@@H]2CC(=O)N(Cc3ccco3)C2)n1. The van der Waals surface area contributed by atoms with Gasteiger partial charge in [0.05, 0.1) is 18.7 Å². The van der Waals surface area contributed by atoms with Crippen molar-refractivity contribution in [1.29, 1.82) is 0 Å². The fourth-order valence-corrected chi connectivity index (χ4v) is 2.39. The normalized spacial score (nSPS) is 19.5. The lowest BCUT2D eigenvalue weighted by molar-refractivity contribution is -0.128. The summed E-state index contributed by atoms with van der Waals surface area (Å²) >= 11 is 0. The second kappa shape index (κ2) is 5.02. The van der Waals surface area contributed by atoms with Gasteiger partial charge in [-0.15, -0.1) is 0 Å². The minimum atomic E-state index is -0.155. The molecule has 3 rings (SSSR count). The highest BCUT2D eigenvalue weighted by Gasteiger charge is 2.35. The summed E-state index contributed by atoms with van der Waals surface area (Å²) < 4.78 is 10.6. The summed E-state index contributed by atoms with van der Waals surface area (Å²) in [6.07, 6.45) is 2.02. The van der Waals surface area contributed by atoms with Crippen LogP contribution in [0.25, 0.3) is 0 Å². The number of carbonyl (C=O) groups is 1. The smallest absolute Gasteiger partial charge is 0.232 e. The highest BCUT2D eigenvalue weighted by molar-refractivity contribution is 5.79. The summed E-state index contributed by atoms with van der Waals surface area (Å²) in [6, 6.07) is 3.69. The average molecular weight is 289 g/mol. The van der Waals surface area contributed by atoms with E-state index in [0.717, 1.165) is 5.76 Å². The molecule has 0 radical (unpaired) electrons. The number of carbonyl (C=O) groups excluding carboxylic acids is 1. The molecule has 0 unspecified atom stereocenters. The number of likely N-dealkylation sites (tertiary alicyclic amines) is 1. The maximum Gasteiger partial charge on any atom is 0.232 e. The van der Waals surface area contributed by atoms with Crippen molar-refractivity contribution < 1.29 is 13.7 Å². The first-order valence-electron chi connectivity index (χ1n) is 7.08. The second-order valence-corrected chi connectivity index (χ2v) is 6.46. The highest BCUT2D eigenvalue weighted by atomic mass is 16.5. The fourth-order valence-electron chi connectivity index (χ4n) is 2.39. The Morgan fingerprint density at radius 1 is 1.43 bits per heavy atom. The van der Waals surface area contributed by atoms with E-state index in [9.17, 15) is 4.79 Å². The zero-order valence-corrected chi connectivity index (χ0v) is 12.5. The van der Waals surface area contributed by atoms with Crippen LogP contribution < -0.4 is 0 Å². The molecule has 0 bridgehead atoms. The van der Waals surface area contributed by atoms with Crippen molar-refractivity contribution in [1.82, 2.24) is 15.0 Å². The van der Waals surface area contributed by atoms with E-state index < -0.39 is 0 Å². The Morgan fingerprint density at radius 2 is 2.24 bits per heavy atom. The summed E-state index contributed by atoms with van der Waals surface area (Å²) in [7, 11) is 0. The molecule has 21 heavy (non-hydrogen) atoms. The zero-order valence-electron chi connectivity index (χ0n) is 12.5. The molecule has 1 aliphatic heterocycles. The van der Waals surface area contributed by atoms with Crippen molar-refractivity contribution in [3.8, 4) is 0 Å². The molecule has 0 aromatic carbocycles. The number of rotatable bonds is 3. The summed E-state index contributed by atoms with van der Waals surface area (Å²) in [5.74, 6) is 2.07. The van der Waals surface area contributed by atoms with Crippen molar-refractivity contribution >= 4 is 5.91 Å². The van der Waals surface area contributed by atoms with Crippen LogP contribution in [-0.2, 0) is 16.8 Å². The number of hydrogen-bond donors (Lipinski definition) is 0. The Balaban J connectivity index is 1.71. The third kappa shape index (κ3) is 2.84. The summed E-state index contributed by atoms with van der Waals surface area (Å²) in [4.78, 5) is 18.3. The van der Waals surface area contributed by atoms with Crippen LogP contribution in [0.4, 0.5) is 0 Å². The topological polar surface area (TPSA) is 72.4 Å². The second-order valence-electron chi connectivity index (χ2n) is 6.46. The predicted molar refractivity (Wildman–Crippen MR) is 74.5 cm³/mol. The Hall–Kier alpha value is -2.11. The molecular formula is C15H19N3O3. The Labute approximate surface area is 123 Å². The van der Waals surface area contributed by atoms with Crippen LogP contribution in [0.15, 0.2) is 27.3 Å². The average Bonchev–Trinajstić information content (AvgIpc) is 3.11. The van der Waals surface area contributed by atoms with Crippen LogP contribution >= 0.6 is 0 Å². The largest absolute Gasteiger partial charge is 0.467 e. The van der Waals surface area contributed by atoms with Gasteiger partial charge in [-0.2, -0.15) is 4.98 Å². The Bertz CT molecular complexity index is 625. The first kappa shape index (κ1) is 13.9. The Kier molecular flexibility index (Phi) is 3.31. The molecule has 1 atom stereocenters. The van der Waals surface area contributed by atoms with E-state index in [1.807, 2.05) is 32.9 Å². The van der Waals surface area contributed by atoms with E-state index >= 15 is 0 Å². The molecule has 1 fully saturated rings. The van der Waals surface area contributed by atoms with Crippen LogP contribution in [0.5, 0.6) is 0 Å². The van der Waals surface area contributed by atoms with Gasteiger partial charge in [0, 0.05) is 18.4 Å². The molecule has 1 amide bonds. The van der Waals surface area contributed by atoms with Gasteiger partial charge >= 0.3 is 0 Å². The Morgan fingerprint density at radius 3 is 2.86 bits per heavy atom. The van der Waals surface area contributed by atoms with E-state index in [1.54, 1.807) is 11.2 Å². The van der Waals surface area contributed by atoms with Crippen molar-refractivity contribution in [2.75, 3.05) is 6.54 Å². The van der Waals surface area contributed by atoms with Crippen LogP contribution in [0, 0.1) is 0 Å². The van der Waals surface area contributed by atoms with Crippen molar-refractivity contribution in [3.05, 3.63) is 35.9 Å². The molecule has 112 valence electrons. The standard InChI is InChI=1S/C15H19N3O3/c1-15(2,3)14-16-13(21-17-14)10-7-12(19)18(8-10)9-11-5-4-6-20-11/h4-6,10H,7-9H2,1-3H3/t10-/m1/s1. The van der Waals surface area contributed by atoms with Crippen molar-refractivity contribution in [3.63, 3.8) is 0 Å². The molecule has 6 heteroatoms. The van der Waals surface area contributed by atoms with Gasteiger partial charge in [0.1, 0.15) is 5.76 Å². The molecule has 3 heterocycles. The number of amides is 1. The van der Waals surface area contributed by atoms with Gasteiger partial charge in [-0.1, -0.05) is 25.9 Å². The quantitative estimate of drug-likeness (QED) is 0.868. The fraction of sp³-hybridized carbons (Fsp3) is 0.533. The first-order valence-corrected chi connectivity index (χ1v) is 7.08. The molecule has 0 saturated carbocycles. The summed E-state index contributed by atoms with van der Waals surface area (Å²) in [6.45, 7) is 7.17. The van der Waals surface area contributed by atoms with Gasteiger partial charge < -0.3 is 13.8 Å². The number of nitrogens with zero attached hydrogens (tertiary/aromatic N) is 3. The number of hydrogen-bond acceptors (Lipinski definition) is 5. The lowest BCUT2D eigenvalue weighted by Crippen LogP contribution is -2.24. The van der Waals surface area contributed by atoms with Crippen LogP contribution in [0.3, 0.4) is 0 Å². The third-order valence-electron chi connectivity index (χ3n) is 3.60. The maximum absolute atomic E-state index is 12.1. The van der Waals surface area contributed by atoms with Gasteiger partial charge in [0.15, 0.2) is 5.82 Å². The van der Waals surface area contributed by atoms with E-state index in [2.05, 4.69) is 10.1 Å². The lowest BCUT2D eigenvalue weighted by atomic mass is 9.96. The molecule has 0 aliphatic carbocycles. The van der Waals surface area contributed by atoms with Gasteiger partial charge in [0.2, 0.25) is 11.8 Å². The van der Waals surface area contributed by atoms with Crippen molar-refractivity contribution in [2.24, 2.45) is 0 Å². The van der Waals surface area contributed by atoms with Crippen molar-refractivity contribution in [2.45, 2.75) is 45.1 Å². The summed E-state index contributed by atoms with van der Waals surface area (Å²) in [5, 5.41) is 4.02. The minimum absolute atomic E-state index is 0.0314. The van der Waals surface area contributed by atoms with Crippen LogP contribution in [-0.4, -0.2) is 27.5 Å². The van der Waals surface area contributed by atoms with E-state index in [4.69, 9.17) is 8.94 Å². The molecule has 1 aliphatic rings. The third-order valence-corrected chi connectivity index (χ3v) is 3.60. The molecular weight excluding hydrogens is 270 g/mol. The van der Waals surface area contributed by atoms with Gasteiger partial charge in [-0.05, 0) is 12.1 Å². The maximum atomic E-state index is 12.1. The minimum Gasteiger partial charge on any atom is -0.467 e. The molecule has 2 aromatic heterocycles. The molecule has 6 nitrogen and oxygen atoms in total. The van der Waals surface area contributed by atoms with Gasteiger partial charge in [-0.3, -0.25) is 4.79 Å². The van der Waals surface area contributed by atoms with Gasteiger partial charge in [0.25, 0.3) is 0 Å². The number of furan rings is 1. The molecule has 0 spiro atoms. The molecule has 0 N–H and O–H groups in total. The highest BCUT2D eigenvalue weighted by Crippen LogP contribution is 2.29. The van der Waals surface area contributed by atoms with E-state index in [1.165, 1.54) is 0 Å². The zero-order chi connectivity index (χ0) is 15.0. The molecule has 1 saturated heterocycles. The van der Waals surface area contributed by atoms with Crippen LogP contribution in [0.1, 0.15) is 50.6 Å². The number of aromatic nitrogens is 2. The van der Waals surface area contributed by atoms with Crippen LogP contribution in [0.2, 0.25) is 0 Å². The monoisotopic (exact) mass is 289 g/mol. The summed E-state index contributed by atoms with van der Waals surface area (Å²) in [5.41, 5.74) is -0.155. The lowest BCUT2D eigenvalue weighted by Gasteiger charge is -2.14. The predicted octanol–water partition coefficient (Wildman–Crippen LogP) is 2.48. The first-order chi connectivity index (χ1) is 9.93. The molecule has 2 aromatic rings. The van der Waals surface area contributed by atoms with Gasteiger partial charge in [-0.25, -0.2) is 0 Å². The van der Waals surface area contributed by atoms with E-state index in [-0.39, 0.29) is 17.2 Å².